The topological polar surface area (TPSA) is 46.6 Å². The Bertz CT molecular complexity index is 609. The summed E-state index contributed by atoms with van der Waals surface area (Å²) in [5, 5.41) is 0. The van der Waals surface area contributed by atoms with E-state index >= 15 is 0 Å². The lowest BCUT2D eigenvalue weighted by Gasteiger charge is -2.27. The molecule has 0 aromatic heterocycles. The van der Waals surface area contributed by atoms with Crippen LogP contribution in [0.25, 0.3) is 0 Å². The molecule has 8 heteroatoms. The number of cyclic esters (lactones) is 1. The molecule has 0 spiro atoms. The van der Waals surface area contributed by atoms with Crippen LogP contribution in [0.15, 0.2) is 30.3 Å². The summed E-state index contributed by atoms with van der Waals surface area (Å²) in [6.07, 6.45) is -5.71. The highest BCUT2D eigenvalue weighted by Crippen LogP contribution is 2.33. The van der Waals surface area contributed by atoms with Crippen molar-refractivity contribution in [3.63, 3.8) is 0 Å². The molecule has 1 fully saturated rings. The van der Waals surface area contributed by atoms with Crippen LogP contribution >= 0.6 is 15.9 Å². The molecule has 1 unspecified atom stereocenters. The van der Waals surface area contributed by atoms with Crippen LogP contribution in [0.2, 0.25) is 0 Å². The molecule has 2 rings (SSSR count). The van der Waals surface area contributed by atoms with E-state index in [9.17, 15) is 22.8 Å². The Morgan fingerprint density at radius 2 is 2.00 bits per heavy atom. The summed E-state index contributed by atoms with van der Waals surface area (Å²) in [5.74, 6) is -1.63. The van der Waals surface area contributed by atoms with Gasteiger partial charge in [0.2, 0.25) is 5.91 Å². The summed E-state index contributed by atoms with van der Waals surface area (Å²) >= 11 is 3.07. The van der Waals surface area contributed by atoms with Gasteiger partial charge in [0.1, 0.15) is 6.61 Å². The molecule has 0 aliphatic carbocycles. The first-order chi connectivity index (χ1) is 11.7. The van der Waals surface area contributed by atoms with E-state index in [-0.39, 0.29) is 13.0 Å². The summed E-state index contributed by atoms with van der Waals surface area (Å²) in [7, 11) is 0. The molecule has 0 N–H and O–H groups in total. The highest BCUT2D eigenvalue weighted by Gasteiger charge is 2.44. The van der Waals surface area contributed by atoms with Gasteiger partial charge in [-0.25, -0.2) is 9.69 Å². The van der Waals surface area contributed by atoms with Crippen molar-refractivity contribution < 1.29 is 27.5 Å². The Labute approximate surface area is 152 Å². The Kier molecular flexibility index (Phi) is 6.48. The minimum Gasteiger partial charge on any atom is -0.447 e. The number of benzene rings is 1. The average molecular weight is 422 g/mol. The third kappa shape index (κ3) is 5.20. The molecule has 4 nitrogen and oxygen atoms in total. The van der Waals surface area contributed by atoms with Crippen molar-refractivity contribution in [2.75, 3.05) is 6.61 Å². The summed E-state index contributed by atoms with van der Waals surface area (Å²) in [6, 6.07) is 8.71. The van der Waals surface area contributed by atoms with Gasteiger partial charge >= 0.3 is 12.3 Å². The van der Waals surface area contributed by atoms with Gasteiger partial charge in [0.25, 0.3) is 0 Å². The number of alkyl halides is 4. The first-order valence-electron chi connectivity index (χ1n) is 7.97. The van der Waals surface area contributed by atoms with Crippen LogP contribution in [-0.2, 0) is 16.0 Å². The normalized spacial score (nSPS) is 20.3. The fourth-order valence-electron chi connectivity index (χ4n) is 2.85. The zero-order valence-electron chi connectivity index (χ0n) is 13.6. The maximum atomic E-state index is 12.7. The Balaban J connectivity index is 2.12. The Morgan fingerprint density at radius 3 is 2.56 bits per heavy atom. The number of hydrogen-bond donors (Lipinski definition) is 0. The molecular formula is C17H19BrF3NO3. The van der Waals surface area contributed by atoms with Crippen molar-refractivity contribution in [1.82, 2.24) is 4.90 Å². The van der Waals surface area contributed by atoms with E-state index in [0.29, 0.717) is 6.42 Å². The monoisotopic (exact) mass is 421 g/mol. The predicted molar refractivity (Wildman–Crippen MR) is 89.3 cm³/mol. The molecule has 1 aliphatic heterocycles. The maximum Gasteiger partial charge on any atom is 0.417 e. The Morgan fingerprint density at radius 1 is 1.36 bits per heavy atom. The molecule has 1 saturated heterocycles. The number of carbonyl (C=O) groups is 2. The first kappa shape index (κ1) is 19.8. The molecule has 0 saturated carbocycles. The minimum absolute atomic E-state index is 0.0370. The highest BCUT2D eigenvalue weighted by molar-refractivity contribution is 9.10. The lowest BCUT2D eigenvalue weighted by molar-refractivity contribution is -0.147. The average Bonchev–Trinajstić information content (AvgIpc) is 2.92. The van der Waals surface area contributed by atoms with Crippen molar-refractivity contribution in [2.45, 2.75) is 43.2 Å². The van der Waals surface area contributed by atoms with Gasteiger partial charge in [0, 0.05) is 6.42 Å². The van der Waals surface area contributed by atoms with Crippen LogP contribution in [0.3, 0.4) is 0 Å². The molecular weight excluding hydrogens is 403 g/mol. The van der Waals surface area contributed by atoms with Crippen molar-refractivity contribution >= 4 is 27.9 Å². The summed E-state index contributed by atoms with van der Waals surface area (Å²) in [4.78, 5) is 24.5. The molecule has 25 heavy (non-hydrogen) atoms. The van der Waals surface area contributed by atoms with Gasteiger partial charge in [-0.1, -0.05) is 59.6 Å². The summed E-state index contributed by atoms with van der Waals surface area (Å²) in [5.41, 5.74) is 0.914. The quantitative estimate of drug-likeness (QED) is 0.642. The van der Waals surface area contributed by atoms with Gasteiger partial charge in [-0.3, -0.25) is 4.79 Å². The van der Waals surface area contributed by atoms with Crippen LogP contribution in [0, 0.1) is 5.92 Å². The fourth-order valence-corrected chi connectivity index (χ4v) is 3.63. The van der Waals surface area contributed by atoms with Crippen molar-refractivity contribution in [2.24, 2.45) is 5.92 Å². The second-order valence-electron chi connectivity index (χ2n) is 6.02. The molecule has 1 aliphatic rings. The van der Waals surface area contributed by atoms with Crippen LogP contribution in [-0.4, -0.2) is 40.6 Å². The highest BCUT2D eigenvalue weighted by atomic mass is 79.9. The standard InChI is InChI=1S/C17H19BrF3NO3/c1-2-12(9-17(19,20)21)14(18)15(23)22-13(10-25-16(22)24)8-11-6-4-3-5-7-11/h3-7,12-14H,2,8-10H2,1H3/t12-,13?,14+/m0/s1. The number of nitrogens with zero attached hydrogens (tertiary/aromatic N) is 1. The molecule has 1 heterocycles. The molecule has 0 radical (unpaired) electrons. The zero-order valence-corrected chi connectivity index (χ0v) is 15.2. The first-order valence-corrected chi connectivity index (χ1v) is 8.89. The van der Waals surface area contributed by atoms with Crippen LogP contribution in [0.5, 0.6) is 0 Å². The smallest absolute Gasteiger partial charge is 0.417 e. The van der Waals surface area contributed by atoms with E-state index in [0.717, 1.165) is 10.5 Å². The van der Waals surface area contributed by atoms with Crippen molar-refractivity contribution in [3.8, 4) is 0 Å². The summed E-state index contributed by atoms with van der Waals surface area (Å²) < 4.78 is 43.1. The minimum atomic E-state index is -4.37. The van der Waals surface area contributed by atoms with Crippen molar-refractivity contribution in [3.05, 3.63) is 35.9 Å². The van der Waals surface area contributed by atoms with Crippen molar-refractivity contribution in [1.29, 1.82) is 0 Å². The molecule has 3 atom stereocenters. The van der Waals surface area contributed by atoms with E-state index in [2.05, 4.69) is 15.9 Å². The van der Waals surface area contributed by atoms with Crippen LogP contribution in [0.1, 0.15) is 25.3 Å². The molecule has 1 aromatic carbocycles. The maximum absolute atomic E-state index is 12.7. The third-order valence-electron chi connectivity index (χ3n) is 4.18. The molecule has 2 amide bonds. The van der Waals surface area contributed by atoms with Gasteiger partial charge in [0.05, 0.1) is 10.9 Å². The molecule has 0 bridgehead atoms. The second-order valence-corrected chi connectivity index (χ2v) is 7.00. The molecule has 138 valence electrons. The lowest BCUT2D eigenvalue weighted by Crippen LogP contribution is -2.46. The van der Waals surface area contributed by atoms with Crippen LogP contribution < -0.4 is 0 Å². The number of imide groups is 1. The second kappa shape index (κ2) is 8.21. The van der Waals surface area contributed by atoms with Gasteiger partial charge in [-0.05, 0) is 17.9 Å². The number of amides is 2. The lowest BCUT2D eigenvalue weighted by atomic mass is 9.96. The van der Waals surface area contributed by atoms with E-state index < -0.39 is 41.4 Å². The van der Waals surface area contributed by atoms with E-state index in [1.54, 1.807) is 6.92 Å². The molecule has 1 aromatic rings. The van der Waals surface area contributed by atoms with E-state index in [1.165, 1.54) is 0 Å². The van der Waals surface area contributed by atoms with Crippen LogP contribution in [0.4, 0.5) is 18.0 Å². The van der Waals surface area contributed by atoms with Gasteiger partial charge < -0.3 is 4.74 Å². The number of hydrogen-bond acceptors (Lipinski definition) is 3. The third-order valence-corrected chi connectivity index (χ3v) is 5.32. The summed E-state index contributed by atoms with van der Waals surface area (Å²) in [6.45, 7) is 1.62. The number of rotatable bonds is 6. The predicted octanol–water partition coefficient (Wildman–Crippen LogP) is 4.32. The number of halogens is 4. The SMILES string of the molecule is CC[C@@H](CC(F)(F)F)[C@@H](Br)C(=O)N1C(=O)OCC1Cc1ccccc1. The van der Waals surface area contributed by atoms with Gasteiger partial charge in [0.15, 0.2) is 0 Å². The van der Waals surface area contributed by atoms with E-state index in [1.807, 2.05) is 30.3 Å². The fraction of sp³-hybridized carbons (Fsp3) is 0.529. The zero-order chi connectivity index (χ0) is 18.6. The number of ether oxygens (including phenoxy) is 1. The Hall–Kier alpha value is -1.57. The number of carbonyl (C=O) groups excluding carboxylic acids is 2. The largest absolute Gasteiger partial charge is 0.447 e. The van der Waals surface area contributed by atoms with Gasteiger partial charge in [-0.15, -0.1) is 0 Å². The van der Waals surface area contributed by atoms with Gasteiger partial charge in [-0.2, -0.15) is 13.2 Å². The van der Waals surface area contributed by atoms with E-state index in [4.69, 9.17) is 4.74 Å².